The lowest BCUT2D eigenvalue weighted by Crippen LogP contribution is -2.55. The number of hydrogen-bond donors (Lipinski definition) is 1. The Morgan fingerprint density at radius 2 is 1.83 bits per heavy atom. The highest BCUT2D eigenvalue weighted by Crippen LogP contribution is 2.74. The van der Waals surface area contributed by atoms with E-state index in [0.717, 1.165) is 31.1 Å². The van der Waals surface area contributed by atoms with Crippen LogP contribution in [-0.4, -0.2) is 10.7 Å². The number of allylic oxidation sites excluding steroid dienone is 5. The van der Waals surface area contributed by atoms with Crippen molar-refractivity contribution in [1.82, 2.24) is 0 Å². The zero-order chi connectivity index (χ0) is 24.4. The van der Waals surface area contributed by atoms with Crippen LogP contribution >= 0.6 is 0 Å². The second-order valence-corrected chi connectivity index (χ2v) is 13.4. The van der Waals surface area contributed by atoms with Gasteiger partial charge in [0.2, 0.25) is 0 Å². The molecule has 0 bridgehead atoms. The minimum Gasteiger partial charge on any atom is -0.389 e. The summed E-state index contributed by atoms with van der Waals surface area (Å²) in [6.07, 6.45) is 18.5. The van der Waals surface area contributed by atoms with Crippen molar-refractivity contribution in [2.45, 2.75) is 97.0 Å². The Bertz CT molecular complexity index is 1050. The summed E-state index contributed by atoms with van der Waals surface area (Å²) in [6.45, 7) is 11.6. The van der Waals surface area contributed by atoms with Gasteiger partial charge in [-0.2, -0.15) is 0 Å². The predicted molar refractivity (Wildman–Crippen MR) is 146 cm³/mol. The Morgan fingerprint density at radius 3 is 2.60 bits per heavy atom. The third-order valence-corrected chi connectivity index (χ3v) is 12.1. The van der Waals surface area contributed by atoms with Gasteiger partial charge < -0.3 is 5.11 Å². The molecule has 0 radical (unpaired) electrons. The fourth-order valence-corrected chi connectivity index (χ4v) is 10.1. The molecule has 0 unspecified atom stereocenters. The Balaban J connectivity index is 1.29. The van der Waals surface area contributed by atoms with Gasteiger partial charge >= 0.3 is 0 Å². The standard InChI is InChI=1S/C34H46O/c1-23(2)26-19-28-14-15-29-21-30(22-33(29)18-16-24(3)31(20-26)32(28,33)4)34(35)17-8-11-27(34)13-12-25-9-6-5-7-10-25/h5-7,9-10,16,18,26-30,35H,1,8,11-15,17,19-22H2,2-4H3/t26-,27+,28-,29+,30+,32-,33-,34+/m1/s1. The Kier molecular flexibility index (Phi) is 5.76. The highest BCUT2D eigenvalue weighted by molar-refractivity contribution is 5.44. The second kappa shape index (κ2) is 8.47. The van der Waals surface area contributed by atoms with Crippen molar-refractivity contribution >= 4 is 0 Å². The van der Waals surface area contributed by atoms with Gasteiger partial charge in [-0.1, -0.05) is 79.1 Å². The first-order valence-electron chi connectivity index (χ1n) is 14.6. The van der Waals surface area contributed by atoms with Gasteiger partial charge in [-0.25, -0.2) is 0 Å². The minimum absolute atomic E-state index is 0.248. The molecule has 0 heterocycles. The van der Waals surface area contributed by atoms with Crippen LogP contribution in [0.25, 0.3) is 0 Å². The molecule has 1 nitrogen and oxygen atoms in total. The summed E-state index contributed by atoms with van der Waals surface area (Å²) in [5.41, 5.74) is 6.12. The van der Waals surface area contributed by atoms with Crippen LogP contribution in [-0.2, 0) is 6.42 Å². The van der Waals surface area contributed by atoms with Crippen molar-refractivity contribution in [1.29, 1.82) is 0 Å². The monoisotopic (exact) mass is 470 g/mol. The molecule has 1 aromatic carbocycles. The maximum atomic E-state index is 12.4. The van der Waals surface area contributed by atoms with Crippen LogP contribution in [0, 0.1) is 40.4 Å². The topological polar surface area (TPSA) is 20.2 Å². The van der Waals surface area contributed by atoms with E-state index >= 15 is 0 Å². The maximum absolute atomic E-state index is 12.4. The first-order chi connectivity index (χ1) is 16.8. The van der Waals surface area contributed by atoms with E-state index in [1.54, 1.807) is 5.57 Å². The summed E-state index contributed by atoms with van der Waals surface area (Å²) in [4.78, 5) is 0. The van der Waals surface area contributed by atoms with E-state index in [-0.39, 0.29) is 10.8 Å². The van der Waals surface area contributed by atoms with Gasteiger partial charge in [-0.3, -0.25) is 0 Å². The van der Waals surface area contributed by atoms with Crippen molar-refractivity contribution in [3.05, 3.63) is 71.3 Å². The molecule has 0 saturated heterocycles. The molecule has 8 atom stereocenters. The van der Waals surface area contributed by atoms with Crippen LogP contribution in [0.5, 0.6) is 0 Å². The molecule has 6 rings (SSSR count). The van der Waals surface area contributed by atoms with E-state index in [9.17, 15) is 5.11 Å². The fourth-order valence-electron chi connectivity index (χ4n) is 10.1. The summed E-state index contributed by atoms with van der Waals surface area (Å²) >= 11 is 0. The van der Waals surface area contributed by atoms with E-state index in [4.69, 9.17) is 0 Å². The van der Waals surface area contributed by atoms with Gasteiger partial charge in [0, 0.05) is 10.8 Å². The van der Waals surface area contributed by atoms with E-state index < -0.39 is 5.60 Å². The quantitative estimate of drug-likeness (QED) is 0.428. The Hall–Kier alpha value is -1.60. The van der Waals surface area contributed by atoms with Crippen LogP contribution < -0.4 is 0 Å². The van der Waals surface area contributed by atoms with Crippen molar-refractivity contribution in [2.24, 2.45) is 40.4 Å². The number of aryl methyl sites for hydroxylation is 1. The Labute approximate surface area is 213 Å². The summed E-state index contributed by atoms with van der Waals surface area (Å²) < 4.78 is 0. The van der Waals surface area contributed by atoms with Gasteiger partial charge in [0.05, 0.1) is 5.60 Å². The summed E-state index contributed by atoms with van der Waals surface area (Å²) in [6, 6.07) is 10.9. The zero-order valence-electron chi connectivity index (χ0n) is 22.4. The number of aliphatic hydroxyl groups is 1. The minimum atomic E-state index is -0.466. The number of benzene rings is 1. The maximum Gasteiger partial charge on any atom is 0.0704 e. The SMILES string of the molecule is C=C(C)[C@H]1CC2=C(C)C=C[C@@]34C[C@@H]([C@]5(O)CCC[C@H]5CCc5ccccc5)C[C@@H]3CC[C@H](C1)[C@]24C. The van der Waals surface area contributed by atoms with Gasteiger partial charge in [0.15, 0.2) is 0 Å². The van der Waals surface area contributed by atoms with Crippen LogP contribution in [0.15, 0.2) is 65.8 Å². The fraction of sp³-hybridized carbons (Fsp3) is 0.647. The van der Waals surface area contributed by atoms with Gasteiger partial charge in [-0.05, 0) is 113 Å². The first kappa shape index (κ1) is 23.8. The predicted octanol–water partition coefficient (Wildman–Crippen LogP) is 8.45. The smallest absolute Gasteiger partial charge is 0.0704 e. The van der Waals surface area contributed by atoms with Gasteiger partial charge in [0.1, 0.15) is 0 Å². The second-order valence-electron chi connectivity index (χ2n) is 13.4. The third kappa shape index (κ3) is 3.43. The summed E-state index contributed by atoms with van der Waals surface area (Å²) in [5, 5.41) is 12.4. The normalized spacial score (nSPS) is 44.3. The van der Waals surface area contributed by atoms with Gasteiger partial charge in [-0.15, -0.1) is 0 Å². The number of hydrogen-bond acceptors (Lipinski definition) is 1. The van der Waals surface area contributed by atoms with E-state index in [1.165, 1.54) is 68.1 Å². The average molecular weight is 471 g/mol. The molecule has 5 aliphatic rings. The van der Waals surface area contributed by atoms with Crippen LogP contribution in [0.4, 0.5) is 0 Å². The Morgan fingerprint density at radius 1 is 1.06 bits per heavy atom. The van der Waals surface area contributed by atoms with E-state index in [1.807, 2.05) is 0 Å². The molecule has 1 spiro atoms. The first-order valence-corrected chi connectivity index (χ1v) is 14.6. The number of rotatable bonds is 5. The molecule has 0 aliphatic heterocycles. The molecule has 188 valence electrons. The van der Waals surface area contributed by atoms with Crippen molar-refractivity contribution in [2.75, 3.05) is 0 Å². The van der Waals surface area contributed by atoms with Gasteiger partial charge in [0.25, 0.3) is 0 Å². The van der Waals surface area contributed by atoms with Crippen molar-refractivity contribution in [3.8, 4) is 0 Å². The highest BCUT2D eigenvalue weighted by Gasteiger charge is 2.67. The summed E-state index contributed by atoms with van der Waals surface area (Å²) in [7, 11) is 0. The lowest BCUT2D eigenvalue weighted by molar-refractivity contribution is -0.0670. The largest absolute Gasteiger partial charge is 0.389 e. The molecule has 5 aliphatic carbocycles. The molecule has 4 saturated carbocycles. The molecule has 1 aromatic rings. The third-order valence-electron chi connectivity index (χ3n) is 12.1. The molecule has 35 heavy (non-hydrogen) atoms. The highest BCUT2D eigenvalue weighted by atomic mass is 16.3. The molecule has 4 fully saturated rings. The average Bonchev–Trinajstić information content (AvgIpc) is 3.42. The van der Waals surface area contributed by atoms with Crippen LogP contribution in [0.3, 0.4) is 0 Å². The molecule has 1 N–H and O–H groups in total. The van der Waals surface area contributed by atoms with Crippen molar-refractivity contribution < 1.29 is 5.11 Å². The van der Waals surface area contributed by atoms with Crippen LogP contribution in [0.1, 0.15) is 90.5 Å². The zero-order valence-corrected chi connectivity index (χ0v) is 22.4. The molecular formula is C34H46O. The molecule has 0 amide bonds. The lowest BCUT2D eigenvalue weighted by Gasteiger charge is -2.63. The van der Waals surface area contributed by atoms with E-state index in [2.05, 4.69) is 69.8 Å². The molecule has 1 heteroatoms. The van der Waals surface area contributed by atoms with E-state index in [0.29, 0.717) is 17.8 Å². The molecular weight excluding hydrogens is 424 g/mol. The lowest BCUT2D eigenvalue weighted by atomic mass is 9.41. The molecule has 0 aromatic heterocycles. The van der Waals surface area contributed by atoms with Crippen molar-refractivity contribution in [3.63, 3.8) is 0 Å². The van der Waals surface area contributed by atoms with Crippen LogP contribution in [0.2, 0.25) is 0 Å². The summed E-state index contributed by atoms with van der Waals surface area (Å²) in [5.74, 6) is 3.05.